The van der Waals surface area contributed by atoms with Crippen LogP contribution in [0.1, 0.15) is 1.43 Å². The van der Waals surface area contributed by atoms with E-state index in [-0.39, 0.29) is 31.0 Å². The average Bonchev–Trinajstić information content (AvgIpc) is 2.21. The zero-order valence-corrected chi connectivity index (χ0v) is 9.60. The van der Waals surface area contributed by atoms with Crippen LogP contribution in [0.2, 0.25) is 0 Å². The summed E-state index contributed by atoms with van der Waals surface area (Å²) >= 11 is 0. The van der Waals surface area contributed by atoms with Crippen LogP contribution in [-0.2, 0) is 4.79 Å². The molecule has 0 N–H and O–H groups in total. The van der Waals surface area contributed by atoms with E-state index in [0.717, 1.165) is 5.52 Å². The van der Waals surface area contributed by atoms with E-state index in [0.29, 0.717) is 0 Å². The van der Waals surface area contributed by atoms with Gasteiger partial charge in [0.05, 0.1) is 5.52 Å². The Balaban J connectivity index is 0. The predicted molar refractivity (Wildman–Crippen MR) is 50.0 cm³/mol. The molecule has 0 aliphatic carbocycles. The molecule has 0 unspecified atom stereocenters. The first-order valence-corrected chi connectivity index (χ1v) is 3.55. The Morgan fingerprint density at radius 3 is 2.38 bits per heavy atom. The molecule has 0 atom stereocenters. The van der Waals surface area contributed by atoms with Gasteiger partial charge in [-0.3, -0.25) is 4.98 Å². The van der Waals surface area contributed by atoms with E-state index in [1.807, 2.05) is 37.3 Å². The molecule has 1 heterocycles. The minimum atomic E-state index is 0. The van der Waals surface area contributed by atoms with Crippen molar-refractivity contribution in [2.24, 2.45) is 0 Å². The van der Waals surface area contributed by atoms with Crippen molar-refractivity contribution in [3.05, 3.63) is 42.6 Å². The maximum Gasteiger partial charge on any atom is 1.00 e. The molecule has 62 valence electrons. The number of nitrogens with zero attached hydrogens (tertiary/aromatic N) is 1. The normalized spacial score (nSPS) is 8.00. The van der Waals surface area contributed by atoms with Crippen molar-refractivity contribution in [2.75, 3.05) is 0 Å². The number of carbonyl (C=O) groups excluding carboxylic acids is 1. The van der Waals surface area contributed by atoms with Crippen LogP contribution in [0.15, 0.2) is 42.6 Å². The number of para-hydroxylation sites is 1. The summed E-state index contributed by atoms with van der Waals surface area (Å²) in [5, 5.41) is 1.20. The van der Waals surface area contributed by atoms with Crippen molar-refractivity contribution < 1.29 is 35.8 Å². The van der Waals surface area contributed by atoms with Crippen LogP contribution >= 0.6 is 0 Å². The summed E-state index contributed by atoms with van der Waals surface area (Å²) < 4.78 is 0. The third-order valence-corrected chi connectivity index (χ3v) is 1.51. The van der Waals surface area contributed by atoms with Crippen LogP contribution in [0, 0.1) is 0 Å². The summed E-state index contributed by atoms with van der Waals surface area (Å²) in [5.41, 5.74) is 1.06. The second-order valence-corrected chi connectivity index (χ2v) is 2.20. The van der Waals surface area contributed by atoms with E-state index in [1.165, 1.54) is 5.39 Å². The van der Waals surface area contributed by atoms with E-state index < -0.39 is 0 Å². The summed E-state index contributed by atoms with van der Waals surface area (Å²) in [5.74, 6) is 0. The first-order valence-electron chi connectivity index (χ1n) is 3.55. The molecule has 2 rings (SSSR count). The van der Waals surface area contributed by atoms with Gasteiger partial charge in [0.1, 0.15) is 6.79 Å². The van der Waals surface area contributed by atoms with E-state index in [9.17, 15) is 0 Å². The second kappa shape index (κ2) is 6.78. The third kappa shape index (κ3) is 3.27. The molecule has 0 fully saturated rings. The molecule has 0 aliphatic rings. The number of rotatable bonds is 0. The molecule has 0 radical (unpaired) electrons. The number of aromatic nitrogens is 1. The van der Waals surface area contributed by atoms with Gasteiger partial charge >= 0.3 is 29.6 Å². The smallest absolute Gasteiger partial charge is 1.00 e. The van der Waals surface area contributed by atoms with Crippen molar-refractivity contribution in [3.8, 4) is 0 Å². The maximum absolute atomic E-state index is 8.00. The summed E-state index contributed by atoms with van der Waals surface area (Å²) in [6.45, 7) is 2.00. The number of fused-ring (bicyclic) bond motifs is 1. The molecule has 1 aromatic heterocycles. The number of benzene rings is 1. The molecule has 1 aromatic carbocycles. The summed E-state index contributed by atoms with van der Waals surface area (Å²) in [7, 11) is 0. The Labute approximate surface area is 101 Å². The maximum atomic E-state index is 8.00. The van der Waals surface area contributed by atoms with Crippen LogP contribution < -0.4 is 29.6 Å². The molecule has 0 saturated carbocycles. The topological polar surface area (TPSA) is 30.0 Å². The third-order valence-electron chi connectivity index (χ3n) is 1.51. The van der Waals surface area contributed by atoms with Gasteiger partial charge in [-0.1, -0.05) is 24.3 Å². The minimum Gasteiger partial charge on any atom is -1.00 e. The predicted octanol–water partition coefficient (Wildman–Crippen LogP) is -0.834. The molecule has 2 aromatic rings. The fraction of sp³-hybridized carbons (Fsp3) is 0. The van der Waals surface area contributed by atoms with E-state index in [4.69, 9.17) is 4.79 Å². The van der Waals surface area contributed by atoms with Gasteiger partial charge in [0.25, 0.3) is 0 Å². The molecule has 13 heavy (non-hydrogen) atoms. The molecule has 0 amide bonds. The van der Waals surface area contributed by atoms with Crippen molar-refractivity contribution >= 4 is 17.7 Å². The van der Waals surface area contributed by atoms with Crippen LogP contribution in [-0.4, -0.2) is 11.8 Å². The molecular formula is C10H10NNaO. The number of carbonyl (C=O) groups is 1. The zero-order chi connectivity index (χ0) is 8.81. The average molecular weight is 183 g/mol. The van der Waals surface area contributed by atoms with E-state index >= 15 is 0 Å². The molecule has 2 nitrogen and oxygen atoms in total. The summed E-state index contributed by atoms with van der Waals surface area (Å²) in [4.78, 5) is 12.2. The van der Waals surface area contributed by atoms with Crippen LogP contribution in [0.5, 0.6) is 0 Å². The van der Waals surface area contributed by atoms with Crippen LogP contribution in [0.3, 0.4) is 0 Å². The largest absolute Gasteiger partial charge is 1.00 e. The number of hydrogen-bond acceptors (Lipinski definition) is 2. The van der Waals surface area contributed by atoms with Crippen LogP contribution in [0.4, 0.5) is 0 Å². The Hall–Kier alpha value is -0.700. The van der Waals surface area contributed by atoms with Gasteiger partial charge < -0.3 is 6.22 Å². The second-order valence-electron chi connectivity index (χ2n) is 2.20. The Bertz CT molecular complexity index is 304. The van der Waals surface area contributed by atoms with Crippen molar-refractivity contribution in [1.82, 2.24) is 4.98 Å². The molecule has 0 spiro atoms. The fourth-order valence-electron chi connectivity index (χ4n) is 1.02. The van der Waals surface area contributed by atoms with Gasteiger partial charge in [-0.15, -0.1) is 0 Å². The van der Waals surface area contributed by atoms with Crippen molar-refractivity contribution in [1.29, 1.82) is 0 Å². The number of pyridine rings is 1. The minimum absolute atomic E-state index is 0. The first-order chi connectivity index (χ1) is 5.97. The Morgan fingerprint density at radius 1 is 1.08 bits per heavy atom. The standard InChI is InChI=1S/C9H7N.CH2O.Na.H/c1-2-6-9-8(4-1)5-3-7-10-9;1-2;;/h1-7H;1H2;;/q;;+1;-1. The molecule has 3 heteroatoms. The Morgan fingerprint density at radius 2 is 1.69 bits per heavy atom. The fourth-order valence-corrected chi connectivity index (χ4v) is 1.02. The van der Waals surface area contributed by atoms with E-state index in [2.05, 4.69) is 17.1 Å². The van der Waals surface area contributed by atoms with Crippen molar-refractivity contribution in [2.45, 2.75) is 0 Å². The molecule has 0 aliphatic heterocycles. The van der Waals surface area contributed by atoms with Gasteiger partial charge in [-0.2, -0.15) is 0 Å². The van der Waals surface area contributed by atoms with Crippen LogP contribution in [0.25, 0.3) is 10.9 Å². The monoisotopic (exact) mass is 183 g/mol. The first kappa shape index (κ1) is 12.3. The van der Waals surface area contributed by atoms with Gasteiger partial charge in [-0.05, 0) is 12.1 Å². The zero-order valence-electron chi connectivity index (χ0n) is 8.60. The molecule has 0 bridgehead atoms. The summed E-state index contributed by atoms with van der Waals surface area (Å²) in [6, 6.07) is 12.1. The molecule has 0 saturated heterocycles. The SMILES string of the molecule is C=O.[H-].[Na+].c1ccc2ncccc2c1. The van der Waals surface area contributed by atoms with E-state index in [1.54, 1.807) is 0 Å². The van der Waals surface area contributed by atoms with Gasteiger partial charge in [0.15, 0.2) is 0 Å². The number of hydrogen-bond donors (Lipinski definition) is 0. The van der Waals surface area contributed by atoms with Gasteiger partial charge in [0, 0.05) is 11.6 Å². The quantitative estimate of drug-likeness (QED) is 0.499. The van der Waals surface area contributed by atoms with Gasteiger partial charge in [0.2, 0.25) is 0 Å². The van der Waals surface area contributed by atoms with Crippen molar-refractivity contribution in [3.63, 3.8) is 0 Å². The Kier molecular flexibility index (Phi) is 6.41. The summed E-state index contributed by atoms with van der Waals surface area (Å²) in [6.07, 6.45) is 1.81. The molecular weight excluding hydrogens is 173 g/mol. The van der Waals surface area contributed by atoms with Gasteiger partial charge in [-0.25, -0.2) is 0 Å².